The summed E-state index contributed by atoms with van der Waals surface area (Å²) in [5, 5.41) is 11.6. The molecule has 1 atom stereocenters. The number of nitrogens with one attached hydrogen (secondary N) is 1. The van der Waals surface area contributed by atoms with E-state index >= 15 is 0 Å². The van der Waals surface area contributed by atoms with Crippen molar-refractivity contribution >= 4 is 6.09 Å². The molecule has 0 bridgehead atoms. The van der Waals surface area contributed by atoms with Crippen molar-refractivity contribution in [1.29, 1.82) is 5.26 Å². The summed E-state index contributed by atoms with van der Waals surface area (Å²) in [6.45, 7) is 0.165. The zero-order valence-electron chi connectivity index (χ0n) is 10.7. The van der Waals surface area contributed by atoms with Crippen LogP contribution in [0.25, 0.3) is 0 Å². The van der Waals surface area contributed by atoms with Crippen LogP contribution in [0.2, 0.25) is 0 Å². The quantitative estimate of drug-likeness (QED) is 0.923. The van der Waals surface area contributed by atoms with Crippen molar-refractivity contribution in [2.75, 3.05) is 0 Å². The Kier molecular flexibility index (Phi) is 4.68. The summed E-state index contributed by atoms with van der Waals surface area (Å²) in [4.78, 5) is 15.6. The minimum atomic E-state index is -0.771. The second-order valence-corrected chi connectivity index (χ2v) is 4.05. The monoisotopic (exact) mass is 267 g/mol. The molecular formula is C15H13N3O2. The molecule has 0 spiro atoms. The molecule has 1 heterocycles. The number of rotatable bonds is 4. The van der Waals surface area contributed by atoms with E-state index in [0.29, 0.717) is 5.56 Å². The van der Waals surface area contributed by atoms with Crippen LogP contribution >= 0.6 is 0 Å². The molecule has 0 saturated heterocycles. The summed E-state index contributed by atoms with van der Waals surface area (Å²) in [7, 11) is 0. The summed E-state index contributed by atoms with van der Waals surface area (Å²) in [6.07, 6.45) is 2.50. The van der Waals surface area contributed by atoms with Crippen LogP contribution < -0.4 is 5.32 Å². The zero-order chi connectivity index (χ0) is 14.2. The molecule has 0 aliphatic carbocycles. The average Bonchev–Trinajstić information content (AvgIpc) is 2.52. The molecule has 100 valence electrons. The van der Waals surface area contributed by atoms with Gasteiger partial charge in [-0.05, 0) is 11.6 Å². The van der Waals surface area contributed by atoms with Gasteiger partial charge in [0.05, 0.1) is 6.07 Å². The van der Waals surface area contributed by atoms with Crippen LogP contribution in [0.15, 0.2) is 54.9 Å². The SMILES string of the molecule is N#CC(NC(=O)OCc1ccccc1)c1cccnc1. The van der Waals surface area contributed by atoms with Crippen LogP contribution in [-0.2, 0) is 11.3 Å². The number of hydrogen-bond acceptors (Lipinski definition) is 4. The van der Waals surface area contributed by atoms with Gasteiger partial charge < -0.3 is 10.1 Å². The molecule has 1 amide bonds. The van der Waals surface area contributed by atoms with Crippen molar-refractivity contribution in [1.82, 2.24) is 10.3 Å². The van der Waals surface area contributed by atoms with Crippen molar-refractivity contribution in [3.05, 3.63) is 66.0 Å². The summed E-state index contributed by atoms with van der Waals surface area (Å²) in [5.74, 6) is 0. The topological polar surface area (TPSA) is 75.0 Å². The lowest BCUT2D eigenvalue weighted by atomic mass is 10.1. The molecule has 0 radical (unpaired) electrons. The van der Waals surface area contributed by atoms with E-state index in [1.807, 2.05) is 36.4 Å². The standard InChI is InChI=1S/C15H13N3O2/c16-9-14(13-7-4-8-17-10-13)18-15(19)20-11-12-5-2-1-3-6-12/h1-8,10,14H,11H2,(H,18,19). The average molecular weight is 267 g/mol. The fourth-order valence-electron chi connectivity index (χ4n) is 1.62. The first-order valence-corrected chi connectivity index (χ1v) is 6.06. The van der Waals surface area contributed by atoms with E-state index in [0.717, 1.165) is 5.56 Å². The Labute approximate surface area is 116 Å². The van der Waals surface area contributed by atoms with Crippen LogP contribution in [0.5, 0.6) is 0 Å². The maximum absolute atomic E-state index is 11.7. The lowest BCUT2D eigenvalue weighted by Gasteiger charge is -2.11. The Bertz CT molecular complexity index is 594. The van der Waals surface area contributed by atoms with Gasteiger partial charge in [-0.1, -0.05) is 36.4 Å². The maximum atomic E-state index is 11.7. The van der Waals surface area contributed by atoms with Crippen LogP contribution in [0.4, 0.5) is 4.79 Å². The predicted molar refractivity (Wildman–Crippen MR) is 72.4 cm³/mol. The second kappa shape index (κ2) is 6.90. The molecule has 2 rings (SSSR count). The summed E-state index contributed by atoms with van der Waals surface area (Å²) < 4.78 is 5.06. The Morgan fingerprint density at radius 3 is 2.75 bits per heavy atom. The molecule has 1 unspecified atom stereocenters. The fraction of sp³-hybridized carbons (Fsp3) is 0.133. The van der Waals surface area contributed by atoms with E-state index in [-0.39, 0.29) is 6.61 Å². The Hall–Kier alpha value is -2.87. The van der Waals surface area contributed by atoms with Crippen LogP contribution in [0.1, 0.15) is 17.2 Å². The zero-order valence-corrected chi connectivity index (χ0v) is 10.7. The van der Waals surface area contributed by atoms with Gasteiger partial charge in [0.1, 0.15) is 12.6 Å². The minimum Gasteiger partial charge on any atom is -0.445 e. The third-order valence-electron chi connectivity index (χ3n) is 2.62. The number of nitriles is 1. The number of carbonyl (C=O) groups excluding carboxylic acids is 1. The van der Waals surface area contributed by atoms with E-state index in [2.05, 4.69) is 10.3 Å². The lowest BCUT2D eigenvalue weighted by Crippen LogP contribution is -2.28. The first-order valence-electron chi connectivity index (χ1n) is 6.06. The maximum Gasteiger partial charge on any atom is 0.408 e. The molecular weight excluding hydrogens is 254 g/mol. The van der Waals surface area contributed by atoms with E-state index in [9.17, 15) is 4.79 Å². The van der Waals surface area contributed by atoms with Gasteiger partial charge in [-0.25, -0.2) is 4.79 Å². The van der Waals surface area contributed by atoms with Crippen molar-refractivity contribution < 1.29 is 9.53 Å². The van der Waals surface area contributed by atoms with Gasteiger partial charge in [0.2, 0.25) is 0 Å². The van der Waals surface area contributed by atoms with E-state index in [1.165, 1.54) is 6.20 Å². The highest BCUT2D eigenvalue weighted by molar-refractivity contribution is 5.68. The number of amides is 1. The normalized spacial score (nSPS) is 11.2. The largest absolute Gasteiger partial charge is 0.445 e. The number of ether oxygens (including phenoxy) is 1. The number of hydrogen-bond donors (Lipinski definition) is 1. The summed E-state index contributed by atoms with van der Waals surface area (Å²) in [6, 6.07) is 14.0. The molecule has 20 heavy (non-hydrogen) atoms. The van der Waals surface area contributed by atoms with Crippen molar-refractivity contribution in [3.8, 4) is 6.07 Å². The number of pyridine rings is 1. The molecule has 0 aliphatic heterocycles. The third-order valence-corrected chi connectivity index (χ3v) is 2.62. The molecule has 5 nitrogen and oxygen atoms in total. The van der Waals surface area contributed by atoms with Gasteiger partial charge in [-0.15, -0.1) is 0 Å². The summed E-state index contributed by atoms with van der Waals surface area (Å²) in [5.41, 5.74) is 1.50. The first kappa shape index (κ1) is 13.6. The van der Waals surface area contributed by atoms with Crippen LogP contribution in [0.3, 0.4) is 0 Å². The molecule has 0 fully saturated rings. The number of aromatic nitrogens is 1. The minimum absolute atomic E-state index is 0.165. The van der Waals surface area contributed by atoms with Gasteiger partial charge in [0.15, 0.2) is 0 Å². The molecule has 0 saturated carbocycles. The first-order chi connectivity index (χ1) is 9.79. The van der Waals surface area contributed by atoms with Crippen molar-refractivity contribution in [3.63, 3.8) is 0 Å². The predicted octanol–water partition coefficient (Wildman–Crippen LogP) is 2.57. The van der Waals surface area contributed by atoms with Crippen LogP contribution in [-0.4, -0.2) is 11.1 Å². The Morgan fingerprint density at radius 2 is 2.10 bits per heavy atom. The molecule has 1 aromatic heterocycles. The number of benzene rings is 1. The number of nitrogens with zero attached hydrogens (tertiary/aromatic N) is 2. The molecule has 1 aromatic carbocycles. The fourth-order valence-corrected chi connectivity index (χ4v) is 1.62. The summed E-state index contributed by atoms with van der Waals surface area (Å²) >= 11 is 0. The molecule has 2 aromatic rings. The molecule has 5 heteroatoms. The highest BCUT2D eigenvalue weighted by Gasteiger charge is 2.14. The molecule has 1 N–H and O–H groups in total. The van der Waals surface area contributed by atoms with Gasteiger partial charge >= 0.3 is 6.09 Å². The van der Waals surface area contributed by atoms with Gasteiger partial charge in [-0.3, -0.25) is 4.98 Å². The lowest BCUT2D eigenvalue weighted by molar-refractivity contribution is 0.137. The van der Waals surface area contributed by atoms with E-state index < -0.39 is 12.1 Å². The van der Waals surface area contributed by atoms with E-state index in [4.69, 9.17) is 10.00 Å². The Balaban J connectivity index is 1.89. The highest BCUT2D eigenvalue weighted by Crippen LogP contribution is 2.10. The number of carbonyl (C=O) groups is 1. The van der Waals surface area contributed by atoms with E-state index in [1.54, 1.807) is 18.3 Å². The Morgan fingerprint density at radius 1 is 1.30 bits per heavy atom. The van der Waals surface area contributed by atoms with Crippen LogP contribution in [0, 0.1) is 11.3 Å². The van der Waals surface area contributed by atoms with Crippen molar-refractivity contribution in [2.24, 2.45) is 0 Å². The van der Waals surface area contributed by atoms with Crippen molar-refractivity contribution in [2.45, 2.75) is 12.6 Å². The molecule has 0 aliphatic rings. The van der Waals surface area contributed by atoms with Gasteiger partial charge in [0.25, 0.3) is 0 Å². The second-order valence-electron chi connectivity index (χ2n) is 4.05. The third kappa shape index (κ3) is 3.82. The highest BCUT2D eigenvalue weighted by atomic mass is 16.5. The van der Waals surface area contributed by atoms with Gasteiger partial charge in [-0.2, -0.15) is 5.26 Å². The smallest absolute Gasteiger partial charge is 0.408 e. The van der Waals surface area contributed by atoms with Gasteiger partial charge in [0, 0.05) is 18.0 Å². The number of alkyl carbamates (subject to hydrolysis) is 1.